The molecule has 1 saturated carbocycles. The van der Waals surface area contributed by atoms with E-state index in [1.165, 1.54) is 11.0 Å². The van der Waals surface area contributed by atoms with Crippen LogP contribution in [0.4, 0.5) is 8.78 Å². The van der Waals surface area contributed by atoms with Gasteiger partial charge < -0.3 is 10.0 Å². The lowest BCUT2D eigenvalue weighted by molar-refractivity contribution is -0.0958. The van der Waals surface area contributed by atoms with Crippen molar-refractivity contribution in [1.82, 2.24) is 4.90 Å². The third-order valence-corrected chi connectivity index (χ3v) is 3.72. The minimum absolute atomic E-state index is 0.117. The highest BCUT2D eigenvalue weighted by atomic mass is 19.2. The Hall–Kier alpha value is -1.49. The van der Waals surface area contributed by atoms with Crippen LogP contribution in [-0.4, -0.2) is 34.6 Å². The maximum Gasteiger partial charge on any atom is 0.254 e. The first-order chi connectivity index (χ1) is 8.49. The fraction of sp³-hybridized carbons (Fsp3) is 0.462. The highest BCUT2D eigenvalue weighted by molar-refractivity contribution is 5.95. The summed E-state index contributed by atoms with van der Waals surface area (Å²) in [5.74, 6) is -2.06. The highest BCUT2D eigenvalue weighted by Gasteiger charge is 2.53. The van der Waals surface area contributed by atoms with Crippen LogP contribution in [0.15, 0.2) is 18.2 Å². The molecule has 1 aliphatic carbocycles. The summed E-state index contributed by atoms with van der Waals surface area (Å²) in [4.78, 5) is 13.4. The monoisotopic (exact) mass is 253 g/mol. The number of aliphatic hydroxyl groups is 1. The van der Waals surface area contributed by atoms with Crippen molar-refractivity contribution >= 4 is 5.91 Å². The van der Waals surface area contributed by atoms with E-state index in [0.717, 1.165) is 25.0 Å². The lowest BCUT2D eigenvalue weighted by Gasteiger charge is -2.47. The average molecular weight is 253 g/mol. The van der Waals surface area contributed by atoms with Crippen molar-refractivity contribution in [2.24, 2.45) is 5.92 Å². The zero-order valence-corrected chi connectivity index (χ0v) is 9.70. The molecule has 0 atom stereocenters. The number of rotatable bonds is 2. The molecule has 0 bridgehead atoms. The Morgan fingerprint density at radius 3 is 2.50 bits per heavy atom. The smallest absolute Gasteiger partial charge is 0.254 e. The van der Waals surface area contributed by atoms with Gasteiger partial charge >= 0.3 is 0 Å². The van der Waals surface area contributed by atoms with Gasteiger partial charge in [-0.25, -0.2) is 8.78 Å². The van der Waals surface area contributed by atoms with Crippen LogP contribution in [0, 0.1) is 17.6 Å². The van der Waals surface area contributed by atoms with Gasteiger partial charge in [0.2, 0.25) is 0 Å². The zero-order chi connectivity index (χ0) is 12.9. The number of amides is 1. The molecule has 2 aliphatic rings. The van der Waals surface area contributed by atoms with E-state index < -0.39 is 17.2 Å². The first-order valence-corrected chi connectivity index (χ1v) is 5.96. The van der Waals surface area contributed by atoms with E-state index in [2.05, 4.69) is 0 Å². The molecule has 0 radical (unpaired) electrons. The minimum atomic E-state index is -1.03. The number of benzene rings is 1. The lowest BCUT2D eigenvalue weighted by atomic mass is 9.88. The van der Waals surface area contributed by atoms with E-state index in [1.807, 2.05) is 0 Å². The molecule has 3 nitrogen and oxygen atoms in total. The second kappa shape index (κ2) is 3.75. The summed E-state index contributed by atoms with van der Waals surface area (Å²) in [5.41, 5.74) is -0.638. The Morgan fingerprint density at radius 2 is 1.94 bits per heavy atom. The van der Waals surface area contributed by atoms with Gasteiger partial charge in [-0.3, -0.25) is 4.79 Å². The Balaban J connectivity index is 1.70. The molecule has 0 spiro atoms. The number of hydrogen-bond donors (Lipinski definition) is 1. The van der Waals surface area contributed by atoms with Crippen LogP contribution in [0.25, 0.3) is 0 Å². The quantitative estimate of drug-likeness (QED) is 0.869. The van der Waals surface area contributed by atoms with Crippen LogP contribution in [0.1, 0.15) is 23.2 Å². The normalized spacial score (nSPS) is 21.6. The number of carbonyl (C=O) groups is 1. The molecule has 18 heavy (non-hydrogen) atoms. The minimum Gasteiger partial charge on any atom is -0.386 e. The molecule has 1 N–H and O–H groups in total. The van der Waals surface area contributed by atoms with Crippen molar-refractivity contribution in [2.75, 3.05) is 13.1 Å². The highest BCUT2D eigenvalue weighted by Crippen LogP contribution is 2.44. The van der Waals surface area contributed by atoms with Gasteiger partial charge in [0.25, 0.3) is 5.91 Å². The Morgan fingerprint density at radius 1 is 1.28 bits per heavy atom. The number of β-amino-alcohol motifs (C(OH)–C–C–N with tert-alkyl or cyclic N) is 1. The summed E-state index contributed by atoms with van der Waals surface area (Å²) in [7, 11) is 0. The largest absolute Gasteiger partial charge is 0.386 e. The van der Waals surface area contributed by atoms with Crippen molar-refractivity contribution in [3.05, 3.63) is 35.4 Å². The topological polar surface area (TPSA) is 40.5 Å². The summed E-state index contributed by atoms with van der Waals surface area (Å²) >= 11 is 0. The molecule has 1 amide bonds. The summed E-state index contributed by atoms with van der Waals surface area (Å²) in [6.45, 7) is 0.574. The molecule has 0 aromatic heterocycles. The molecular formula is C13H13F2NO2. The van der Waals surface area contributed by atoms with E-state index in [4.69, 9.17) is 0 Å². The van der Waals surface area contributed by atoms with Gasteiger partial charge in [0.1, 0.15) is 5.60 Å². The number of carbonyl (C=O) groups excluding carboxylic acids is 1. The van der Waals surface area contributed by atoms with E-state index >= 15 is 0 Å². The van der Waals surface area contributed by atoms with Crippen molar-refractivity contribution < 1.29 is 18.7 Å². The van der Waals surface area contributed by atoms with E-state index in [9.17, 15) is 18.7 Å². The number of halogens is 2. The predicted molar refractivity (Wildman–Crippen MR) is 59.9 cm³/mol. The van der Waals surface area contributed by atoms with E-state index in [-0.39, 0.29) is 24.6 Å². The molecule has 2 fully saturated rings. The molecule has 96 valence electrons. The van der Waals surface area contributed by atoms with Gasteiger partial charge in [0.05, 0.1) is 13.1 Å². The summed E-state index contributed by atoms with van der Waals surface area (Å²) < 4.78 is 25.8. The fourth-order valence-electron chi connectivity index (χ4n) is 2.45. The predicted octanol–water partition coefficient (Wildman–Crippen LogP) is 1.56. The standard InChI is InChI=1S/C13H13F2NO2/c14-10-4-1-8(5-11(10)15)12(17)16-6-13(18,7-16)9-2-3-9/h1,4-5,9,18H,2-3,6-7H2. The molecular weight excluding hydrogens is 240 g/mol. The lowest BCUT2D eigenvalue weighted by Crippen LogP contribution is -2.64. The van der Waals surface area contributed by atoms with Crippen molar-refractivity contribution in [2.45, 2.75) is 18.4 Å². The maximum atomic E-state index is 13.0. The van der Waals surface area contributed by atoms with E-state index in [1.54, 1.807) is 0 Å². The van der Waals surface area contributed by atoms with Crippen LogP contribution in [0.5, 0.6) is 0 Å². The van der Waals surface area contributed by atoms with E-state index in [0.29, 0.717) is 5.92 Å². The molecule has 1 heterocycles. The van der Waals surface area contributed by atoms with Gasteiger partial charge in [-0.05, 0) is 37.0 Å². The van der Waals surface area contributed by atoms with Crippen LogP contribution in [-0.2, 0) is 0 Å². The van der Waals surface area contributed by atoms with Crippen LogP contribution < -0.4 is 0 Å². The Labute approximate surface area is 103 Å². The first kappa shape index (κ1) is 11.6. The maximum absolute atomic E-state index is 13.0. The molecule has 0 unspecified atom stereocenters. The number of likely N-dealkylation sites (tertiary alicyclic amines) is 1. The third kappa shape index (κ3) is 1.79. The first-order valence-electron chi connectivity index (χ1n) is 5.96. The number of hydrogen-bond acceptors (Lipinski definition) is 2. The van der Waals surface area contributed by atoms with Crippen molar-refractivity contribution in [1.29, 1.82) is 0 Å². The third-order valence-electron chi connectivity index (χ3n) is 3.72. The second-order valence-electron chi connectivity index (χ2n) is 5.17. The van der Waals surface area contributed by atoms with Crippen LogP contribution in [0.3, 0.4) is 0 Å². The van der Waals surface area contributed by atoms with Gasteiger partial charge in [-0.1, -0.05) is 0 Å². The van der Waals surface area contributed by atoms with Gasteiger partial charge in [0, 0.05) is 5.56 Å². The molecule has 5 heteroatoms. The Kier molecular flexibility index (Phi) is 2.41. The summed E-state index contributed by atoms with van der Waals surface area (Å²) in [6, 6.07) is 3.09. The van der Waals surface area contributed by atoms with Gasteiger partial charge in [0.15, 0.2) is 11.6 Å². The van der Waals surface area contributed by atoms with Crippen LogP contribution in [0.2, 0.25) is 0 Å². The average Bonchev–Trinajstić information content (AvgIpc) is 3.12. The van der Waals surface area contributed by atoms with Gasteiger partial charge in [-0.2, -0.15) is 0 Å². The molecule has 1 aromatic rings. The second-order valence-corrected chi connectivity index (χ2v) is 5.17. The summed E-state index contributed by atoms with van der Waals surface area (Å²) in [5, 5.41) is 10.1. The van der Waals surface area contributed by atoms with Crippen LogP contribution >= 0.6 is 0 Å². The fourth-order valence-corrected chi connectivity index (χ4v) is 2.45. The summed E-state index contributed by atoms with van der Waals surface area (Å²) in [6.07, 6.45) is 2.01. The SMILES string of the molecule is O=C(c1ccc(F)c(F)c1)N1CC(O)(C2CC2)C1. The molecule has 3 rings (SSSR count). The molecule has 1 saturated heterocycles. The number of nitrogens with zero attached hydrogens (tertiary/aromatic N) is 1. The van der Waals surface area contributed by atoms with Crippen molar-refractivity contribution in [3.63, 3.8) is 0 Å². The zero-order valence-electron chi connectivity index (χ0n) is 9.70. The molecule has 1 aromatic carbocycles. The van der Waals surface area contributed by atoms with Crippen molar-refractivity contribution in [3.8, 4) is 0 Å². The molecule has 1 aliphatic heterocycles. The van der Waals surface area contributed by atoms with Gasteiger partial charge in [-0.15, -0.1) is 0 Å². The Bertz CT molecular complexity index is 508.